The zero-order chi connectivity index (χ0) is 15.5. The van der Waals surface area contributed by atoms with Crippen LogP contribution in [-0.2, 0) is 16.6 Å². The van der Waals surface area contributed by atoms with E-state index in [1.165, 1.54) is 0 Å². The first-order chi connectivity index (χ1) is 10.6. The van der Waals surface area contributed by atoms with Gasteiger partial charge in [0.1, 0.15) is 6.10 Å². The van der Waals surface area contributed by atoms with Crippen molar-refractivity contribution in [3.8, 4) is 0 Å². The Morgan fingerprint density at radius 3 is 3.14 bits per heavy atom. The van der Waals surface area contributed by atoms with Gasteiger partial charge < -0.3 is 14.6 Å². The first kappa shape index (κ1) is 15.2. The van der Waals surface area contributed by atoms with Gasteiger partial charge in [0.25, 0.3) is 0 Å². The van der Waals surface area contributed by atoms with E-state index < -0.39 is 0 Å². The summed E-state index contributed by atoms with van der Waals surface area (Å²) in [6, 6.07) is 4.15. The lowest BCUT2D eigenvalue weighted by molar-refractivity contribution is -0.124. The lowest BCUT2D eigenvalue weighted by Crippen LogP contribution is -2.41. The minimum atomic E-state index is -0.0991. The minimum Gasteiger partial charge on any atom is -0.372 e. The predicted octanol–water partition coefficient (Wildman–Crippen LogP) is 2.62. The Kier molecular flexibility index (Phi) is 4.59. The molecule has 2 aromatic heterocycles. The van der Waals surface area contributed by atoms with E-state index in [1.807, 2.05) is 42.2 Å². The maximum Gasteiger partial charge on any atom is 0.228 e. The Hall–Kier alpha value is -1.66. The smallest absolute Gasteiger partial charge is 0.228 e. The van der Waals surface area contributed by atoms with Crippen molar-refractivity contribution < 1.29 is 9.53 Å². The van der Waals surface area contributed by atoms with Crippen LogP contribution in [0, 0.1) is 0 Å². The summed E-state index contributed by atoms with van der Waals surface area (Å²) in [5.74, 6) is -0.00361. The molecule has 1 N–H and O–H groups in total. The van der Waals surface area contributed by atoms with E-state index in [2.05, 4.69) is 10.3 Å². The number of rotatable bonds is 4. The molecular weight excluding hydrogens is 298 g/mol. The summed E-state index contributed by atoms with van der Waals surface area (Å²) in [7, 11) is 1.97. The van der Waals surface area contributed by atoms with Crippen LogP contribution in [0.4, 0.5) is 0 Å². The number of ether oxygens (including phenoxy) is 1. The third-order valence-electron chi connectivity index (χ3n) is 4.18. The zero-order valence-electron chi connectivity index (χ0n) is 12.9. The normalized spacial score (nSPS) is 23.2. The summed E-state index contributed by atoms with van der Waals surface area (Å²) in [6.07, 6.45) is 5.27. The zero-order valence-corrected chi connectivity index (χ0v) is 13.7. The van der Waals surface area contributed by atoms with Crippen LogP contribution in [0.25, 0.3) is 0 Å². The van der Waals surface area contributed by atoms with E-state index >= 15 is 0 Å². The molecule has 1 saturated heterocycles. The van der Waals surface area contributed by atoms with Crippen molar-refractivity contribution in [3.05, 3.63) is 40.6 Å². The van der Waals surface area contributed by atoms with Crippen LogP contribution >= 0.6 is 11.3 Å². The van der Waals surface area contributed by atoms with E-state index in [1.54, 1.807) is 17.7 Å². The average Bonchev–Trinajstić information content (AvgIpc) is 3.18. The van der Waals surface area contributed by atoms with Gasteiger partial charge in [0, 0.05) is 24.6 Å². The summed E-state index contributed by atoms with van der Waals surface area (Å²) < 4.78 is 7.81. The van der Waals surface area contributed by atoms with Crippen LogP contribution in [0.1, 0.15) is 42.4 Å². The standard InChI is InChI=1S/C16H21N3O2S/c1-11(15-4-3-7-22-15)16(20)18-12-5-6-21-14(8-12)13-9-17-10-19(13)2/h3-4,7,9-12,14H,5-6,8H2,1-2H3,(H,18,20)/t11-,12-,14+/m0/s1. The number of amides is 1. The highest BCUT2D eigenvalue weighted by Gasteiger charge is 2.28. The molecule has 1 aliphatic heterocycles. The van der Waals surface area contributed by atoms with Gasteiger partial charge in [-0.2, -0.15) is 0 Å². The number of aryl methyl sites for hydroxylation is 1. The molecule has 0 spiro atoms. The number of carbonyl (C=O) groups is 1. The first-order valence-electron chi connectivity index (χ1n) is 7.56. The van der Waals surface area contributed by atoms with Crippen LogP contribution in [0.15, 0.2) is 30.0 Å². The Morgan fingerprint density at radius 2 is 2.45 bits per heavy atom. The maximum absolute atomic E-state index is 12.4. The fraction of sp³-hybridized carbons (Fsp3) is 0.500. The number of nitrogens with zero attached hydrogens (tertiary/aromatic N) is 2. The van der Waals surface area contributed by atoms with Gasteiger partial charge in [-0.15, -0.1) is 11.3 Å². The topological polar surface area (TPSA) is 56.1 Å². The van der Waals surface area contributed by atoms with E-state index in [0.717, 1.165) is 23.4 Å². The maximum atomic E-state index is 12.4. The van der Waals surface area contributed by atoms with E-state index in [4.69, 9.17) is 4.74 Å². The lowest BCUT2D eigenvalue weighted by Gasteiger charge is -2.30. The SMILES string of the molecule is C[C@H](C(=O)N[C@H]1CCO[C@@H](c2cncn2C)C1)c1cccs1. The highest BCUT2D eigenvalue weighted by atomic mass is 32.1. The molecule has 3 atom stereocenters. The highest BCUT2D eigenvalue weighted by molar-refractivity contribution is 7.10. The number of hydrogen-bond acceptors (Lipinski definition) is 4. The fourth-order valence-corrected chi connectivity index (χ4v) is 3.59. The highest BCUT2D eigenvalue weighted by Crippen LogP contribution is 2.28. The number of carbonyl (C=O) groups excluding carboxylic acids is 1. The van der Waals surface area contributed by atoms with Crippen LogP contribution in [-0.4, -0.2) is 28.1 Å². The van der Waals surface area contributed by atoms with Crippen molar-refractivity contribution in [2.75, 3.05) is 6.61 Å². The Labute approximate surface area is 134 Å². The molecule has 5 nitrogen and oxygen atoms in total. The lowest BCUT2D eigenvalue weighted by atomic mass is 10.00. The van der Waals surface area contributed by atoms with E-state index in [9.17, 15) is 4.79 Å². The quantitative estimate of drug-likeness (QED) is 0.942. The van der Waals surface area contributed by atoms with Gasteiger partial charge in [-0.25, -0.2) is 4.98 Å². The molecule has 0 radical (unpaired) electrons. The molecular formula is C16H21N3O2S. The van der Waals surface area contributed by atoms with Gasteiger partial charge in [0.15, 0.2) is 0 Å². The minimum absolute atomic E-state index is 0.00333. The Morgan fingerprint density at radius 1 is 1.59 bits per heavy atom. The van der Waals surface area contributed by atoms with Crippen molar-refractivity contribution >= 4 is 17.2 Å². The van der Waals surface area contributed by atoms with Gasteiger partial charge in [-0.05, 0) is 31.2 Å². The van der Waals surface area contributed by atoms with E-state index in [-0.39, 0.29) is 24.0 Å². The molecule has 2 aromatic rings. The van der Waals surface area contributed by atoms with Crippen LogP contribution < -0.4 is 5.32 Å². The second-order valence-electron chi connectivity index (χ2n) is 5.76. The number of aromatic nitrogens is 2. The molecule has 1 aliphatic rings. The summed E-state index contributed by atoms with van der Waals surface area (Å²) >= 11 is 1.62. The molecule has 6 heteroatoms. The molecule has 0 aliphatic carbocycles. The second-order valence-corrected chi connectivity index (χ2v) is 6.74. The van der Waals surface area contributed by atoms with Crippen molar-refractivity contribution in [1.82, 2.24) is 14.9 Å². The predicted molar refractivity (Wildman–Crippen MR) is 85.8 cm³/mol. The average molecular weight is 319 g/mol. The van der Waals surface area contributed by atoms with Crippen molar-refractivity contribution in [3.63, 3.8) is 0 Å². The molecule has 22 heavy (non-hydrogen) atoms. The van der Waals surface area contributed by atoms with Gasteiger partial charge in [0.05, 0.1) is 24.1 Å². The van der Waals surface area contributed by atoms with Gasteiger partial charge >= 0.3 is 0 Å². The van der Waals surface area contributed by atoms with Crippen LogP contribution in [0.5, 0.6) is 0 Å². The second kappa shape index (κ2) is 6.62. The molecule has 118 valence electrons. The summed E-state index contributed by atoms with van der Waals surface area (Å²) in [4.78, 5) is 17.7. The van der Waals surface area contributed by atoms with Crippen molar-refractivity contribution in [2.45, 2.75) is 37.8 Å². The molecule has 3 heterocycles. The number of imidazole rings is 1. The number of hydrogen-bond donors (Lipinski definition) is 1. The monoisotopic (exact) mass is 319 g/mol. The summed E-state index contributed by atoms with van der Waals surface area (Å²) in [5.41, 5.74) is 1.06. The van der Waals surface area contributed by atoms with Crippen molar-refractivity contribution in [2.24, 2.45) is 7.05 Å². The van der Waals surface area contributed by atoms with Crippen molar-refractivity contribution in [1.29, 1.82) is 0 Å². The molecule has 3 rings (SSSR count). The Balaban J connectivity index is 1.61. The third kappa shape index (κ3) is 3.23. The number of thiophene rings is 1. The molecule has 1 amide bonds. The van der Waals surface area contributed by atoms with Gasteiger partial charge in [-0.1, -0.05) is 6.07 Å². The molecule has 0 bridgehead atoms. The van der Waals surface area contributed by atoms with Gasteiger partial charge in [0.2, 0.25) is 5.91 Å². The summed E-state index contributed by atoms with van der Waals surface area (Å²) in [5, 5.41) is 5.18. The molecule has 0 aromatic carbocycles. The van der Waals surface area contributed by atoms with Gasteiger partial charge in [-0.3, -0.25) is 4.79 Å². The van der Waals surface area contributed by atoms with E-state index in [0.29, 0.717) is 6.61 Å². The largest absolute Gasteiger partial charge is 0.372 e. The molecule has 1 fully saturated rings. The van der Waals surface area contributed by atoms with Crippen LogP contribution in [0.2, 0.25) is 0 Å². The third-order valence-corrected chi connectivity index (χ3v) is 5.23. The van der Waals surface area contributed by atoms with Crippen LogP contribution in [0.3, 0.4) is 0 Å². The first-order valence-corrected chi connectivity index (χ1v) is 8.44. The Bertz CT molecular complexity index is 623. The number of nitrogens with one attached hydrogen (secondary N) is 1. The molecule has 0 saturated carbocycles. The summed E-state index contributed by atoms with van der Waals surface area (Å²) in [6.45, 7) is 2.62. The fourth-order valence-electron chi connectivity index (χ4n) is 2.80. The molecule has 0 unspecified atom stereocenters.